The highest BCUT2D eigenvalue weighted by molar-refractivity contribution is 9.10. The molecule has 0 bridgehead atoms. The Bertz CT molecular complexity index is 319. The molecule has 1 aromatic rings. The van der Waals surface area contributed by atoms with E-state index in [9.17, 15) is 5.11 Å². The molecule has 0 heterocycles. The molecule has 0 radical (unpaired) electrons. The summed E-state index contributed by atoms with van der Waals surface area (Å²) < 4.78 is 5.76. The molecule has 4 heteroatoms. The van der Waals surface area contributed by atoms with Gasteiger partial charge in [0.1, 0.15) is 11.5 Å². The summed E-state index contributed by atoms with van der Waals surface area (Å²) in [6.45, 7) is 5.68. The Labute approximate surface area is 94.5 Å². The zero-order chi connectivity index (χ0) is 10.2. The van der Waals surface area contributed by atoms with Crippen molar-refractivity contribution in [2.24, 2.45) is 0 Å². The Morgan fingerprint density at radius 3 is 2.08 bits per heavy atom. The number of aromatic hydroxyl groups is 1. The fourth-order valence-corrected chi connectivity index (χ4v) is 2.26. The Kier molecular flexibility index (Phi) is 3.24. The lowest BCUT2D eigenvalue weighted by Gasteiger charge is -2.13. The van der Waals surface area contributed by atoms with Crippen molar-refractivity contribution in [3.05, 3.63) is 21.2 Å². The first kappa shape index (κ1) is 10.9. The van der Waals surface area contributed by atoms with E-state index >= 15 is 0 Å². The van der Waals surface area contributed by atoms with Crippen molar-refractivity contribution < 1.29 is 8.93 Å². The summed E-state index contributed by atoms with van der Waals surface area (Å²) >= 11 is 6.25. The number of phenols is 1. The Morgan fingerprint density at radius 1 is 1.08 bits per heavy atom. The second-order valence-electron chi connectivity index (χ2n) is 2.94. The van der Waals surface area contributed by atoms with Gasteiger partial charge in [0, 0.05) is 5.56 Å². The van der Waals surface area contributed by atoms with Crippen molar-refractivity contribution in [3.8, 4) is 11.5 Å². The van der Waals surface area contributed by atoms with Crippen LogP contribution in [-0.4, -0.2) is 5.11 Å². The van der Waals surface area contributed by atoms with E-state index in [-0.39, 0.29) is 5.75 Å². The fraction of sp³-hybridized carbons (Fsp3) is 0.333. The van der Waals surface area contributed by atoms with Crippen LogP contribution in [0.15, 0.2) is 4.47 Å². The summed E-state index contributed by atoms with van der Waals surface area (Å²) in [6, 6.07) is 0. The van der Waals surface area contributed by atoms with E-state index in [1.165, 1.54) is 0 Å². The third kappa shape index (κ3) is 1.70. The first-order chi connectivity index (χ1) is 6.00. The van der Waals surface area contributed by atoms with E-state index in [1.807, 2.05) is 20.8 Å². The number of rotatable bonds is 1. The van der Waals surface area contributed by atoms with E-state index in [0.29, 0.717) is 5.75 Å². The van der Waals surface area contributed by atoms with Crippen LogP contribution in [-0.2, 0) is 0 Å². The minimum absolute atomic E-state index is 0.234. The topological polar surface area (TPSA) is 29.5 Å². The summed E-state index contributed by atoms with van der Waals surface area (Å²) in [7, 11) is 0. The summed E-state index contributed by atoms with van der Waals surface area (Å²) in [6.07, 6.45) is 0. The van der Waals surface area contributed by atoms with Crippen LogP contribution >= 0.6 is 32.2 Å². The van der Waals surface area contributed by atoms with Gasteiger partial charge in [-0.05, 0) is 47.8 Å². The SMILES string of the molecule is Cc1c(C)c(OBr)c(C)c(O)c1Br. The van der Waals surface area contributed by atoms with Gasteiger partial charge in [-0.15, -0.1) is 0 Å². The molecule has 0 aromatic heterocycles. The van der Waals surface area contributed by atoms with Gasteiger partial charge in [-0.2, -0.15) is 0 Å². The maximum Gasteiger partial charge on any atom is 0.179 e. The minimum Gasteiger partial charge on any atom is -0.506 e. The molecule has 0 aliphatic carbocycles. The van der Waals surface area contributed by atoms with E-state index in [1.54, 1.807) is 0 Å². The second kappa shape index (κ2) is 3.88. The number of hydrogen-bond donors (Lipinski definition) is 1. The van der Waals surface area contributed by atoms with Crippen molar-refractivity contribution in [3.63, 3.8) is 0 Å². The molecular formula is C9H10Br2O2. The highest BCUT2D eigenvalue weighted by atomic mass is 79.9. The highest BCUT2D eigenvalue weighted by Crippen LogP contribution is 2.40. The number of halogens is 2. The van der Waals surface area contributed by atoms with Crippen LogP contribution in [0.4, 0.5) is 0 Å². The molecule has 0 unspecified atom stereocenters. The van der Waals surface area contributed by atoms with E-state index in [2.05, 4.69) is 32.2 Å². The molecule has 1 aromatic carbocycles. The molecule has 13 heavy (non-hydrogen) atoms. The lowest BCUT2D eigenvalue weighted by Crippen LogP contribution is -1.92. The van der Waals surface area contributed by atoms with Gasteiger partial charge in [-0.3, -0.25) is 0 Å². The Balaban J connectivity index is 3.56. The summed E-state index contributed by atoms with van der Waals surface area (Å²) in [5, 5.41) is 9.68. The standard InChI is InChI=1S/C9H10Br2O2/c1-4-5(2)9(13-11)6(3)8(12)7(4)10/h12H,1-3H3. The first-order valence-electron chi connectivity index (χ1n) is 3.77. The van der Waals surface area contributed by atoms with E-state index in [4.69, 9.17) is 3.83 Å². The predicted octanol–water partition coefficient (Wildman–Crippen LogP) is 3.77. The van der Waals surface area contributed by atoms with Gasteiger partial charge in [0.15, 0.2) is 16.3 Å². The molecule has 2 nitrogen and oxygen atoms in total. The largest absolute Gasteiger partial charge is 0.506 e. The number of phenolic OH excluding ortho intramolecular Hbond substituents is 1. The molecule has 0 fully saturated rings. The number of benzene rings is 1. The van der Waals surface area contributed by atoms with Crippen LogP contribution in [0.2, 0.25) is 0 Å². The third-order valence-corrected chi connectivity index (χ3v) is 3.51. The fourth-order valence-electron chi connectivity index (χ4n) is 1.18. The van der Waals surface area contributed by atoms with E-state index in [0.717, 1.165) is 21.2 Å². The Morgan fingerprint density at radius 2 is 1.62 bits per heavy atom. The molecule has 0 aliphatic rings. The normalized spacial score (nSPS) is 10.2. The van der Waals surface area contributed by atoms with Gasteiger partial charge in [0.05, 0.1) is 4.47 Å². The third-order valence-electron chi connectivity index (χ3n) is 2.21. The summed E-state index contributed by atoms with van der Waals surface area (Å²) in [5.41, 5.74) is 2.73. The van der Waals surface area contributed by atoms with Crippen LogP contribution in [0.3, 0.4) is 0 Å². The molecular weight excluding hydrogens is 300 g/mol. The summed E-state index contributed by atoms with van der Waals surface area (Å²) in [4.78, 5) is 0. The lowest BCUT2D eigenvalue weighted by atomic mass is 10.0. The second-order valence-corrected chi connectivity index (χ2v) is 4.06. The van der Waals surface area contributed by atoms with Crippen LogP contribution in [0.1, 0.15) is 16.7 Å². The minimum atomic E-state index is 0.234. The molecule has 0 saturated heterocycles. The van der Waals surface area contributed by atoms with Crippen molar-refractivity contribution >= 4 is 32.2 Å². The average Bonchev–Trinajstić information content (AvgIpc) is 2.13. The molecule has 0 aliphatic heterocycles. The average molecular weight is 310 g/mol. The Hall–Kier alpha value is -0.220. The first-order valence-corrected chi connectivity index (χ1v) is 5.21. The predicted molar refractivity (Wildman–Crippen MR) is 59.6 cm³/mol. The number of hydrogen-bond acceptors (Lipinski definition) is 2. The van der Waals surface area contributed by atoms with Crippen LogP contribution in [0, 0.1) is 20.8 Å². The van der Waals surface area contributed by atoms with Crippen molar-refractivity contribution in [1.82, 2.24) is 0 Å². The van der Waals surface area contributed by atoms with Crippen LogP contribution < -0.4 is 3.83 Å². The molecule has 0 amide bonds. The van der Waals surface area contributed by atoms with Crippen molar-refractivity contribution in [2.75, 3.05) is 0 Å². The van der Waals surface area contributed by atoms with Gasteiger partial charge in [-0.1, -0.05) is 0 Å². The maximum absolute atomic E-state index is 9.68. The highest BCUT2D eigenvalue weighted by Gasteiger charge is 2.15. The van der Waals surface area contributed by atoms with Crippen molar-refractivity contribution in [2.45, 2.75) is 20.8 Å². The van der Waals surface area contributed by atoms with Gasteiger partial charge < -0.3 is 8.93 Å². The van der Waals surface area contributed by atoms with E-state index < -0.39 is 0 Å². The van der Waals surface area contributed by atoms with Gasteiger partial charge in [0.25, 0.3) is 0 Å². The molecule has 1 rings (SSSR count). The van der Waals surface area contributed by atoms with Gasteiger partial charge in [0.2, 0.25) is 0 Å². The summed E-state index contributed by atoms with van der Waals surface area (Å²) in [5.74, 6) is 0.913. The van der Waals surface area contributed by atoms with Crippen LogP contribution in [0.5, 0.6) is 11.5 Å². The lowest BCUT2D eigenvalue weighted by molar-refractivity contribution is 0.463. The van der Waals surface area contributed by atoms with Crippen LogP contribution in [0.25, 0.3) is 0 Å². The maximum atomic E-state index is 9.68. The smallest absolute Gasteiger partial charge is 0.179 e. The molecule has 1 N–H and O–H groups in total. The zero-order valence-corrected chi connectivity index (χ0v) is 10.8. The molecule has 0 saturated carbocycles. The zero-order valence-electron chi connectivity index (χ0n) is 7.61. The van der Waals surface area contributed by atoms with Crippen molar-refractivity contribution in [1.29, 1.82) is 0 Å². The molecule has 0 spiro atoms. The monoisotopic (exact) mass is 308 g/mol. The molecule has 0 atom stereocenters. The molecule has 72 valence electrons. The van der Waals surface area contributed by atoms with Gasteiger partial charge in [-0.25, -0.2) is 0 Å². The van der Waals surface area contributed by atoms with Gasteiger partial charge >= 0.3 is 0 Å². The quantitative estimate of drug-likeness (QED) is 0.855.